The third-order valence-corrected chi connectivity index (χ3v) is 3.59. The summed E-state index contributed by atoms with van der Waals surface area (Å²) in [5, 5.41) is 0. The largest absolute Gasteiger partial charge is 0.296 e. The van der Waals surface area contributed by atoms with Crippen molar-refractivity contribution in [1.29, 1.82) is 0 Å². The fourth-order valence-electron chi connectivity index (χ4n) is 1.44. The molecular weight excluding hydrogens is 289 g/mol. The van der Waals surface area contributed by atoms with Gasteiger partial charge in [0.05, 0.1) is 0 Å². The van der Waals surface area contributed by atoms with Crippen LogP contribution in [0.5, 0.6) is 0 Å². The van der Waals surface area contributed by atoms with Gasteiger partial charge >= 0.3 is 0 Å². The maximum atomic E-state index is 12.7. The van der Waals surface area contributed by atoms with Crippen LogP contribution in [0.2, 0.25) is 0 Å². The minimum atomic E-state index is -2.96. The molecule has 0 fully saturated rings. The lowest BCUT2D eigenvalue weighted by atomic mass is 10.2. The van der Waals surface area contributed by atoms with Crippen molar-refractivity contribution in [2.24, 2.45) is 0 Å². The van der Waals surface area contributed by atoms with E-state index in [9.17, 15) is 13.3 Å². The van der Waals surface area contributed by atoms with Gasteiger partial charge in [-0.05, 0) is 59.9 Å². The van der Waals surface area contributed by atoms with Gasteiger partial charge < -0.3 is 0 Å². The van der Waals surface area contributed by atoms with Gasteiger partial charge in [0.2, 0.25) is 7.14 Å². The fraction of sp³-hybridized carbons (Fsp3) is 0.0588. The van der Waals surface area contributed by atoms with Crippen LogP contribution in [-0.2, 0) is 4.57 Å². The minimum Gasteiger partial charge on any atom is -0.296 e. The molecule has 2 aromatic carbocycles. The summed E-state index contributed by atoms with van der Waals surface area (Å²) in [5.74, 6) is 4.73. The molecule has 0 bridgehead atoms. The molecule has 0 atom stereocenters. The summed E-state index contributed by atoms with van der Waals surface area (Å²) in [7, 11) is -2.96. The Kier molecular flexibility index (Phi) is 4.59. The smallest absolute Gasteiger partial charge is 0.220 e. The summed E-state index contributed by atoms with van der Waals surface area (Å²) in [6.45, 7) is 1.46. The van der Waals surface area contributed by atoms with Crippen molar-refractivity contribution in [3.05, 3.63) is 71.3 Å². The Morgan fingerprint density at radius 2 is 1.10 bits per heavy atom. The van der Waals surface area contributed by atoms with Gasteiger partial charge in [0.25, 0.3) is 0 Å². The van der Waals surface area contributed by atoms with Crippen LogP contribution in [0.15, 0.2) is 48.5 Å². The molecule has 0 unspecified atom stereocenters. The van der Waals surface area contributed by atoms with Crippen LogP contribution in [0.3, 0.4) is 0 Å². The molecule has 1 nitrogen and oxygen atoms in total. The summed E-state index contributed by atoms with van der Waals surface area (Å²) in [5.41, 5.74) is 6.37. The topological polar surface area (TPSA) is 17.1 Å². The highest BCUT2D eigenvalue weighted by Crippen LogP contribution is 2.38. The Morgan fingerprint density at radius 1 is 0.762 bits per heavy atom. The van der Waals surface area contributed by atoms with Crippen molar-refractivity contribution in [3.8, 4) is 23.2 Å². The van der Waals surface area contributed by atoms with Gasteiger partial charge in [0, 0.05) is 17.8 Å². The molecule has 0 radical (unpaired) electrons. The monoisotopic (exact) mass is 300 g/mol. The third kappa shape index (κ3) is 4.92. The molecule has 0 aromatic heterocycles. The van der Waals surface area contributed by atoms with E-state index in [1.807, 2.05) is 0 Å². The molecule has 2 rings (SSSR count). The molecule has 0 saturated carbocycles. The molecular formula is C17H11F2OP. The number of hydrogen-bond acceptors (Lipinski definition) is 1. The second-order valence-electron chi connectivity index (χ2n) is 4.41. The van der Waals surface area contributed by atoms with Crippen molar-refractivity contribution < 1.29 is 13.3 Å². The van der Waals surface area contributed by atoms with Crippen molar-refractivity contribution in [2.75, 3.05) is 6.66 Å². The molecule has 0 aliphatic heterocycles. The average molecular weight is 300 g/mol. The summed E-state index contributed by atoms with van der Waals surface area (Å²) in [6, 6.07) is 11.2. The second kappa shape index (κ2) is 6.40. The first-order chi connectivity index (χ1) is 9.94. The highest BCUT2D eigenvalue weighted by Gasteiger charge is 2.05. The highest BCUT2D eigenvalue weighted by molar-refractivity contribution is 7.73. The molecule has 104 valence electrons. The highest BCUT2D eigenvalue weighted by atomic mass is 31.2. The van der Waals surface area contributed by atoms with Gasteiger partial charge in [-0.3, -0.25) is 4.57 Å². The predicted octanol–water partition coefficient (Wildman–Crippen LogP) is 4.28. The second-order valence-corrected chi connectivity index (χ2v) is 6.71. The Bertz CT molecular complexity index is 733. The van der Waals surface area contributed by atoms with Crippen LogP contribution in [0, 0.1) is 34.8 Å². The van der Waals surface area contributed by atoms with Crippen LogP contribution in [0.4, 0.5) is 8.78 Å². The van der Waals surface area contributed by atoms with Gasteiger partial charge in [0.1, 0.15) is 11.6 Å². The fourth-order valence-corrected chi connectivity index (χ4v) is 2.18. The van der Waals surface area contributed by atoms with E-state index in [2.05, 4.69) is 23.2 Å². The lowest BCUT2D eigenvalue weighted by Crippen LogP contribution is -1.78. The number of benzene rings is 2. The molecule has 0 spiro atoms. The Hall–Kier alpha value is -2.35. The summed E-state index contributed by atoms with van der Waals surface area (Å²) >= 11 is 0. The van der Waals surface area contributed by atoms with E-state index in [0.717, 1.165) is 0 Å². The zero-order valence-corrected chi connectivity index (χ0v) is 12.1. The Labute approximate surface area is 122 Å². The van der Waals surface area contributed by atoms with Gasteiger partial charge in [-0.15, -0.1) is 0 Å². The minimum absolute atomic E-state index is 0.351. The van der Waals surface area contributed by atoms with E-state index < -0.39 is 7.14 Å². The van der Waals surface area contributed by atoms with Crippen molar-refractivity contribution in [2.45, 2.75) is 0 Å². The SMILES string of the molecule is CP(=O)(C#Cc1ccc(F)cc1)C#Cc1ccc(F)cc1. The van der Waals surface area contributed by atoms with Crippen LogP contribution >= 0.6 is 7.14 Å². The molecule has 0 amide bonds. The lowest BCUT2D eigenvalue weighted by Gasteiger charge is -1.94. The Morgan fingerprint density at radius 3 is 1.43 bits per heavy atom. The molecule has 0 heterocycles. The molecule has 0 aliphatic carbocycles. The van der Waals surface area contributed by atoms with Crippen LogP contribution < -0.4 is 0 Å². The first-order valence-corrected chi connectivity index (χ1v) is 8.25. The summed E-state index contributed by atoms with van der Waals surface area (Å²) in [6.07, 6.45) is 0. The molecule has 0 N–H and O–H groups in total. The van der Waals surface area contributed by atoms with Crippen LogP contribution in [0.25, 0.3) is 0 Å². The number of halogens is 2. The summed E-state index contributed by atoms with van der Waals surface area (Å²) < 4.78 is 37.7. The average Bonchev–Trinajstić information content (AvgIpc) is 2.46. The van der Waals surface area contributed by atoms with Crippen LogP contribution in [0.1, 0.15) is 11.1 Å². The Balaban J connectivity index is 2.18. The molecule has 0 saturated heterocycles. The zero-order chi connectivity index (χ0) is 15.3. The van der Waals surface area contributed by atoms with E-state index in [4.69, 9.17) is 0 Å². The summed E-state index contributed by atoms with van der Waals surface area (Å²) in [4.78, 5) is 0. The first kappa shape index (κ1) is 15.0. The van der Waals surface area contributed by atoms with Gasteiger partial charge in [-0.25, -0.2) is 8.78 Å². The van der Waals surface area contributed by atoms with E-state index in [1.54, 1.807) is 0 Å². The van der Waals surface area contributed by atoms with Crippen molar-refractivity contribution in [1.82, 2.24) is 0 Å². The van der Waals surface area contributed by atoms with E-state index in [0.29, 0.717) is 11.1 Å². The lowest BCUT2D eigenvalue weighted by molar-refractivity contribution is 0.591. The van der Waals surface area contributed by atoms with Crippen LogP contribution in [-0.4, -0.2) is 6.66 Å². The van der Waals surface area contributed by atoms with E-state index >= 15 is 0 Å². The van der Waals surface area contributed by atoms with E-state index in [-0.39, 0.29) is 11.6 Å². The first-order valence-electron chi connectivity index (χ1n) is 6.10. The van der Waals surface area contributed by atoms with Crippen molar-refractivity contribution in [3.63, 3.8) is 0 Å². The van der Waals surface area contributed by atoms with Gasteiger partial charge in [-0.1, -0.05) is 11.8 Å². The third-order valence-electron chi connectivity index (χ3n) is 2.52. The normalized spacial score (nSPS) is 10.0. The molecule has 0 aliphatic rings. The zero-order valence-electron chi connectivity index (χ0n) is 11.2. The maximum absolute atomic E-state index is 12.7. The maximum Gasteiger partial charge on any atom is 0.220 e. The molecule has 4 heteroatoms. The number of hydrogen-bond donors (Lipinski definition) is 0. The quantitative estimate of drug-likeness (QED) is 0.524. The van der Waals surface area contributed by atoms with Crippen molar-refractivity contribution >= 4 is 7.14 Å². The molecule has 21 heavy (non-hydrogen) atoms. The van der Waals surface area contributed by atoms with Gasteiger partial charge in [0.15, 0.2) is 0 Å². The number of rotatable bonds is 0. The standard InChI is InChI=1S/C17H11F2OP/c1-21(20,12-10-14-2-6-16(18)7-3-14)13-11-15-4-8-17(19)9-5-15/h2-9H,1H3. The van der Waals surface area contributed by atoms with Gasteiger partial charge in [-0.2, -0.15) is 0 Å². The molecule has 2 aromatic rings. The van der Waals surface area contributed by atoms with E-state index in [1.165, 1.54) is 55.2 Å². The predicted molar refractivity (Wildman–Crippen MR) is 80.1 cm³/mol.